The number of hydrogen-bond acceptors (Lipinski definition) is 4. The van der Waals surface area contributed by atoms with Crippen LogP contribution in [0.15, 0.2) is 0 Å². The van der Waals surface area contributed by atoms with Crippen LogP contribution in [0.1, 0.15) is 32.6 Å². The molecule has 4 nitrogen and oxygen atoms in total. The molecular weight excluding hydrogens is 250 g/mol. The molecule has 0 unspecified atom stereocenters. The van der Waals surface area contributed by atoms with Crippen molar-refractivity contribution < 1.29 is 4.74 Å². The first-order valence-corrected chi connectivity index (χ1v) is 8.31. The van der Waals surface area contributed by atoms with E-state index >= 15 is 0 Å². The summed E-state index contributed by atoms with van der Waals surface area (Å²) in [4.78, 5) is 5.19. The number of likely N-dealkylation sites (tertiary alicyclic amines) is 1. The summed E-state index contributed by atoms with van der Waals surface area (Å²) in [6.45, 7) is 10.4. The summed E-state index contributed by atoms with van der Waals surface area (Å²) in [5.74, 6) is 0. The van der Waals surface area contributed by atoms with E-state index < -0.39 is 0 Å². The molecule has 2 fully saturated rings. The standard InChI is InChI=1S/C16H33N3O/c1-4-19-11-5-15(6-12-19)18(2)13-16(14-20-3)7-9-17-10-8-16/h15,17H,4-14H2,1-3H3. The number of piperidine rings is 2. The Labute approximate surface area is 124 Å². The monoisotopic (exact) mass is 283 g/mol. The third-order valence-corrected chi connectivity index (χ3v) is 5.33. The van der Waals surface area contributed by atoms with E-state index in [1.165, 1.54) is 51.9 Å². The molecule has 1 N–H and O–H groups in total. The highest BCUT2D eigenvalue weighted by Crippen LogP contribution is 2.31. The zero-order valence-corrected chi connectivity index (χ0v) is 13.7. The minimum atomic E-state index is 0.372. The highest BCUT2D eigenvalue weighted by molar-refractivity contribution is 4.89. The normalized spacial score (nSPS) is 25.2. The number of hydrogen-bond donors (Lipinski definition) is 1. The van der Waals surface area contributed by atoms with Crippen molar-refractivity contribution in [2.45, 2.75) is 38.6 Å². The minimum Gasteiger partial charge on any atom is -0.384 e. The molecule has 0 saturated carbocycles. The van der Waals surface area contributed by atoms with Gasteiger partial charge in [0.2, 0.25) is 0 Å². The second-order valence-electron chi connectivity index (χ2n) is 6.76. The fourth-order valence-corrected chi connectivity index (χ4v) is 3.95. The molecule has 0 atom stereocenters. The van der Waals surface area contributed by atoms with Gasteiger partial charge in [-0.1, -0.05) is 6.92 Å². The first-order chi connectivity index (χ1) is 9.69. The van der Waals surface area contributed by atoms with Crippen LogP contribution in [-0.4, -0.2) is 75.9 Å². The molecule has 118 valence electrons. The SMILES string of the molecule is CCN1CCC(N(C)CC2(COC)CCNCC2)CC1. The van der Waals surface area contributed by atoms with Crippen LogP contribution >= 0.6 is 0 Å². The van der Waals surface area contributed by atoms with Gasteiger partial charge in [-0.15, -0.1) is 0 Å². The van der Waals surface area contributed by atoms with Gasteiger partial charge in [0.1, 0.15) is 0 Å². The van der Waals surface area contributed by atoms with Crippen LogP contribution in [0.5, 0.6) is 0 Å². The third-order valence-electron chi connectivity index (χ3n) is 5.33. The van der Waals surface area contributed by atoms with Gasteiger partial charge in [-0.05, 0) is 65.5 Å². The van der Waals surface area contributed by atoms with Gasteiger partial charge < -0.3 is 19.9 Å². The summed E-state index contributed by atoms with van der Waals surface area (Å²) in [6.07, 6.45) is 5.15. The van der Waals surface area contributed by atoms with E-state index in [2.05, 4.69) is 29.1 Å². The Morgan fingerprint density at radius 1 is 1.25 bits per heavy atom. The highest BCUT2D eigenvalue weighted by atomic mass is 16.5. The number of rotatable bonds is 6. The van der Waals surface area contributed by atoms with Gasteiger partial charge in [-0.3, -0.25) is 0 Å². The Balaban J connectivity index is 1.86. The molecule has 0 amide bonds. The molecular formula is C16H33N3O. The van der Waals surface area contributed by atoms with Crippen LogP contribution in [0.4, 0.5) is 0 Å². The average Bonchev–Trinajstić information content (AvgIpc) is 2.48. The maximum atomic E-state index is 5.54. The van der Waals surface area contributed by atoms with Crippen LogP contribution in [-0.2, 0) is 4.74 Å². The smallest absolute Gasteiger partial charge is 0.0531 e. The molecule has 2 saturated heterocycles. The van der Waals surface area contributed by atoms with E-state index in [-0.39, 0.29) is 0 Å². The van der Waals surface area contributed by atoms with Crippen molar-refractivity contribution >= 4 is 0 Å². The number of ether oxygens (including phenoxy) is 1. The summed E-state index contributed by atoms with van der Waals surface area (Å²) < 4.78 is 5.54. The molecule has 0 bridgehead atoms. The Morgan fingerprint density at radius 3 is 2.45 bits per heavy atom. The van der Waals surface area contributed by atoms with Gasteiger partial charge in [-0.25, -0.2) is 0 Å². The van der Waals surface area contributed by atoms with Crippen molar-refractivity contribution in [3.8, 4) is 0 Å². The maximum Gasteiger partial charge on any atom is 0.0531 e. The van der Waals surface area contributed by atoms with E-state index in [1.54, 1.807) is 0 Å². The van der Waals surface area contributed by atoms with Crippen molar-refractivity contribution in [2.75, 3.05) is 60.0 Å². The predicted molar refractivity (Wildman–Crippen MR) is 84.2 cm³/mol. The van der Waals surface area contributed by atoms with Gasteiger partial charge in [0.25, 0.3) is 0 Å². The van der Waals surface area contributed by atoms with Gasteiger partial charge in [-0.2, -0.15) is 0 Å². The fraction of sp³-hybridized carbons (Fsp3) is 1.00. The van der Waals surface area contributed by atoms with Crippen LogP contribution in [0, 0.1) is 5.41 Å². The Kier molecular flexibility index (Phi) is 6.27. The van der Waals surface area contributed by atoms with Gasteiger partial charge in [0.05, 0.1) is 6.61 Å². The van der Waals surface area contributed by atoms with Crippen LogP contribution in [0.25, 0.3) is 0 Å². The molecule has 0 aromatic heterocycles. The molecule has 2 aliphatic heterocycles. The van der Waals surface area contributed by atoms with Crippen molar-refractivity contribution in [1.29, 1.82) is 0 Å². The summed E-state index contributed by atoms with van der Waals surface area (Å²) in [6, 6.07) is 0.765. The van der Waals surface area contributed by atoms with Gasteiger partial charge in [0, 0.05) is 25.1 Å². The Bertz CT molecular complexity index is 265. The molecule has 20 heavy (non-hydrogen) atoms. The van der Waals surface area contributed by atoms with E-state index in [0.29, 0.717) is 5.41 Å². The molecule has 2 heterocycles. The van der Waals surface area contributed by atoms with E-state index in [9.17, 15) is 0 Å². The largest absolute Gasteiger partial charge is 0.384 e. The van der Waals surface area contributed by atoms with Crippen LogP contribution < -0.4 is 5.32 Å². The van der Waals surface area contributed by atoms with Gasteiger partial charge >= 0.3 is 0 Å². The summed E-state index contributed by atoms with van der Waals surface area (Å²) in [5.41, 5.74) is 0.372. The fourth-order valence-electron chi connectivity index (χ4n) is 3.95. The summed E-state index contributed by atoms with van der Waals surface area (Å²) >= 11 is 0. The molecule has 2 aliphatic rings. The Morgan fingerprint density at radius 2 is 1.90 bits per heavy atom. The summed E-state index contributed by atoms with van der Waals surface area (Å²) in [5, 5.41) is 3.48. The molecule has 0 spiro atoms. The Hall–Kier alpha value is -0.160. The second-order valence-corrected chi connectivity index (χ2v) is 6.76. The third kappa shape index (κ3) is 4.17. The van der Waals surface area contributed by atoms with Crippen molar-refractivity contribution in [2.24, 2.45) is 5.41 Å². The topological polar surface area (TPSA) is 27.7 Å². The van der Waals surface area contributed by atoms with Crippen molar-refractivity contribution in [3.05, 3.63) is 0 Å². The zero-order valence-electron chi connectivity index (χ0n) is 13.7. The molecule has 2 rings (SSSR count). The van der Waals surface area contributed by atoms with E-state index in [0.717, 1.165) is 25.7 Å². The lowest BCUT2D eigenvalue weighted by Gasteiger charge is -2.44. The van der Waals surface area contributed by atoms with Crippen molar-refractivity contribution in [1.82, 2.24) is 15.1 Å². The quantitative estimate of drug-likeness (QED) is 0.798. The molecule has 0 radical (unpaired) electrons. The molecule has 0 aromatic rings. The lowest BCUT2D eigenvalue weighted by molar-refractivity contribution is 0.00976. The van der Waals surface area contributed by atoms with Crippen molar-refractivity contribution in [3.63, 3.8) is 0 Å². The number of nitrogens with one attached hydrogen (secondary N) is 1. The van der Waals surface area contributed by atoms with Gasteiger partial charge in [0.15, 0.2) is 0 Å². The molecule has 0 aliphatic carbocycles. The maximum absolute atomic E-state index is 5.54. The van der Waals surface area contributed by atoms with Crippen LogP contribution in [0.3, 0.4) is 0 Å². The lowest BCUT2D eigenvalue weighted by Crippen LogP contribution is -2.51. The summed E-state index contributed by atoms with van der Waals surface area (Å²) in [7, 11) is 4.18. The predicted octanol–water partition coefficient (Wildman–Crippen LogP) is 1.42. The van der Waals surface area contributed by atoms with Crippen LogP contribution in [0.2, 0.25) is 0 Å². The average molecular weight is 283 g/mol. The molecule has 4 heteroatoms. The zero-order chi connectivity index (χ0) is 14.4. The number of methoxy groups -OCH3 is 1. The first kappa shape index (κ1) is 16.2. The van der Waals surface area contributed by atoms with E-state index in [1.807, 2.05) is 7.11 Å². The number of nitrogens with zero attached hydrogens (tertiary/aromatic N) is 2. The highest BCUT2D eigenvalue weighted by Gasteiger charge is 2.35. The van der Waals surface area contributed by atoms with E-state index in [4.69, 9.17) is 4.74 Å². The minimum absolute atomic E-state index is 0.372. The second kappa shape index (κ2) is 7.74. The molecule has 0 aromatic carbocycles. The first-order valence-electron chi connectivity index (χ1n) is 8.31. The lowest BCUT2D eigenvalue weighted by atomic mass is 9.78.